The number of hydrogen-bond donors (Lipinski definition) is 0. The fourth-order valence-electron chi connectivity index (χ4n) is 3.85. The topological polar surface area (TPSA) is 67.7 Å². The van der Waals surface area contributed by atoms with Crippen molar-refractivity contribution in [1.29, 1.82) is 0 Å². The van der Waals surface area contributed by atoms with E-state index in [1.807, 2.05) is 40.0 Å². The summed E-state index contributed by atoms with van der Waals surface area (Å²) in [5, 5.41) is 0. The van der Waals surface area contributed by atoms with Crippen LogP contribution in [-0.4, -0.2) is 70.7 Å². The van der Waals surface area contributed by atoms with Gasteiger partial charge >= 0.3 is 0 Å². The molecular formula is C23H26N4O3S. The monoisotopic (exact) mass is 438 g/mol. The highest BCUT2D eigenvalue weighted by molar-refractivity contribution is 7.97. The molecule has 8 heteroatoms. The molecule has 1 fully saturated rings. The second-order valence-corrected chi connectivity index (χ2v) is 8.30. The molecule has 1 aliphatic rings. The molecule has 0 unspecified atom stereocenters. The predicted octanol–water partition coefficient (Wildman–Crippen LogP) is 2.89. The van der Waals surface area contributed by atoms with Gasteiger partial charge in [-0.2, -0.15) is 11.8 Å². The van der Waals surface area contributed by atoms with Crippen LogP contribution in [0.5, 0.6) is 5.75 Å². The summed E-state index contributed by atoms with van der Waals surface area (Å²) in [5.41, 5.74) is 2.52. The molecule has 3 aromatic rings. The Kier molecular flexibility index (Phi) is 6.46. The van der Waals surface area contributed by atoms with Gasteiger partial charge in [-0.15, -0.1) is 0 Å². The first-order valence-corrected chi connectivity index (χ1v) is 11.6. The fourth-order valence-corrected chi connectivity index (χ4v) is 4.33. The SMILES string of the molecule is COc1ccc(C(=O)N2CCN(C(=O)Cn3c(CSC)nc4ccccc43)CC2)cc1. The molecule has 2 aromatic carbocycles. The van der Waals surface area contributed by atoms with Gasteiger partial charge in [-0.25, -0.2) is 4.98 Å². The van der Waals surface area contributed by atoms with E-state index in [0.29, 0.717) is 31.7 Å². The van der Waals surface area contributed by atoms with Crippen LogP contribution in [0, 0.1) is 0 Å². The fraction of sp³-hybridized carbons (Fsp3) is 0.348. The average molecular weight is 439 g/mol. The number of carbonyl (C=O) groups is 2. The number of carbonyl (C=O) groups excluding carboxylic acids is 2. The minimum absolute atomic E-state index is 0.0161. The van der Waals surface area contributed by atoms with E-state index >= 15 is 0 Å². The number of amides is 2. The lowest BCUT2D eigenvalue weighted by atomic mass is 10.1. The number of aromatic nitrogens is 2. The summed E-state index contributed by atoms with van der Waals surface area (Å²) in [6.07, 6.45) is 2.03. The number of fused-ring (bicyclic) bond motifs is 1. The summed E-state index contributed by atoms with van der Waals surface area (Å²) in [7, 11) is 1.60. The molecule has 2 amide bonds. The van der Waals surface area contributed by atoms with Crippen LogP contribution in [0.2, 0.25) is 0 Å². The molecule has 4 rings (SSSR count). The van der Waals surface area contributed by atoms with Crippen molar-refractivity contribution in [2.45, 2.75) is 12.3 Å². The van der Waals surface area contributed by atoms with Gasteiger partial charge in [0.2, 0.25) is 5.91 Å². The van der Waals surface area contributed by atoms with Gasteiger partial charge in [0, 0.05) is 31.7 Å². The van der Waals surface area contributed by atoms with Gasteiger partial charge in [-0.1, -0.05) is 12.1 Å². The molecule has 1 aliphatic heterocycles. The molecule has 31 heavy (non-hydrogen) atoms. The van der Waals surface area contributed by atoms with Gasteiger partial charge in [-0.3, -0.25) is 9.59 Å². The number of ether oxygens (including phenoxy) is 1. The van der Waals surface area contributed by atoms with Crippen LogP contribution >= 0.6 is 11.8 Å². The van der Waals surface area contributed by atoms with Crippen molar-refractivity contribution >= 4 is 34.6 Å². The zero-order valence-corrected chi connectivity index (χ0v) is 18.6. The molecule has 1 saturated heterocycles. The van der Waals surface area contributed by atoms with Gasteiger partial charge in [0.1, 0.15) is 18.1 Å². The van der Waals surface area contributed by atoms with Crippen molar-refractivity contribution in [1.82, 2.24) is 19.4 Å². The van der Waals surface area contributed by atoms with Crippen LogP contribution < -0.4 is 4.74 Å². The number of thioether (sulfide) groups is 1. The Bertz CT molecular complexity index is 1070. The zero-order valence-electron chi connectivity index (χ0n) is 17.8. The third-order valence-electron chi connectivity index (χ3n) is 5.56. The van der Waals surface area contributed by atoms with Crippen LogP contribution in [-0.2, 0) is 17.1 Å². The number of methoxy groups -OCH3 is 1. The van der Waals surface area contributed by atoms with E-state index in [-0.39, 0.29) is 18.4 Å². The molecule has 0 spiro atoms. The van der Waals surface area contributed by atoms with Gasteiger partial charge < -0.3 is 19.1 Å². The molecule has 7 nitrogen and oxygen atoms in total. The maximum absolute atomic E-state index is 13.0. The molecule has 0 bridgehead atoms. The van der Waals surface area contributed by atoms with Gasteiger partial charge in [0.05, 0.1) is 23.9 Å². The Morgan fingerprint density at radius 3 is 2.35 bits per heavy atom. The van der Waals surface area contributed by atoms with Gasteiger partial charge in [-0.05, 0) is 42.7 Å². The Balaban J connectivity index is 1.40. The van der Waals surface area contributed by atoms with Crippen LogP contribution in [0.4, 0.5) is 0 Å². The normalized spacial score (nSPS) is 14.1. The Labute approximate surface area is 186 Å². The van der Waals surface area contributed by atoms with Crippen molar-refractivity contribution < 1.29 is 14.3 Å². The van der Waals surface area contributed by atoms with Crippen LogP contribution in [0.3, 0.4) is 0 Å². The molecule has 162 valence electrons. The smallest absolute Gasteiger partial charge is 0.253 e. The van der Waals surface area contributed by atoms with Crippen LogP contribution in [0.1, 0.15) is 16.2 Å². The summed E-state index contributed by atoms with van der Waals surface area (Å²) in [6.45, 7) is 2.39. The van der Waals surface area contributed by atoms with E-state index in [1.54, 1.807) is 48.0 Å². The minimum atomic E-state index is -0.0161. The summed E-state index contributed by atoms with van der Waals surface area (Å²) in [6, 6.07) is 15.0. The van der Waals surface area contributed by atoms with E-state index in [0.717, 1.165) is 28.4 Å². The highest BCUT2D eigenvalue weighted by Crippen LogP contribution is 2.20. The van der Waals surface area contributed by atoms with Crippen LogP contribution in [0.25, 0.3) is 11.0 Å². The van der Waals surface area contributed by atoms with Crippen molar-refractivity contribution in [3.8, 4) is 5.75 Å². The quantitative estimate of drug-likeness (QED) is 0.592. The summed E-state index contributed by atoms with van der Waals surface area (Å²) >= 11 is 1.69. The van der Waals surface area contributed by atoms with E-state index in [9.17, 15) is 9.59 Å². The number of nitrogens with zero attached hydrogens (tertiary/aromatic N) is 4. The lowest BCUT2D eigenvalue weighted by Crippen LogP contribution is -2.51. The average Bonchev–Trinajstić information content (AvgIpc) is 3.16. The van der Waals surface area contributed by atoms with Crippen LogP contribution in [0.15, 0.2) is 48.5 Å². The lowest BCUT2D eigenvalue weighted by molar-refractivity contribution is -0.133. The molecule has 0 radical (unpaired) electrons. The van der Waals surface area contributed by atoms with Crippen molar-refractivity contribution in [3.05, 3.63) is 59.9 Å². The van der Waals surface area contributed by atoms with Gasteiger partial charge in [0.15, 0.2) is 0 Å². The predicted molar refractivity (Wildman–Crippen MR) is 122 cm³/mol. The van der Waals surface area contributed by atoms with Crippen molar-refractivity contribution in [3.63, 3.8) is 0 Å². The molecule has 1 aromatic heterocycles. The maximum Gasteiger partial charge on any atom is 0.253 e. The minimum Gasteiger partial charge on any atom is -0.497 e. The third kappa shape index (κ3) is 4.54. The Morgan fingerprint density at radius 1 is 1.00 bits per heavy atom. The maximum atomic E-state index is 13.0. The molecule has 0 aliphatic carbocycles. The third-order valence-corrected chi connectivity index (χ3v) is 6.10. The van der Waals surface area contributed by atoms with E-state index < -0.39 is 0 Å². The van der Waals surface area contributed by atoms with E-state index in [4.69, 9.17) is 9.72 Å². The molecule has 0 atom stereocenters. The number of hydrogen-bond acceptors (Lipinski definition) is 5. The molecular weight excluding hydrogens is 412 g/mol. The molecule has 0 saturated carbocycles. The number of para-hydroxylation sites is 2. The first kappa shape index (κ1) is 21.2. The standard InChI is InChI=1S/C23H26N4O3S/c1-30-18-9-7-17(8-10-18)23(29)26-13-11-25(12-14-26)22(28)15-27-20-6-4-3-5-19(20)24-21(27)16-31-2/h3-10H,11-16H2,1-2H3. The number of rotatable bonds is 6. The van der Waals surface area contributed by atoms with E-state index in [1.165, 1.54) is 0 Å². The van der Waals surface area contributed by atoms with Crippen molar-refractivity contribution in [2.75, 3.05) is 39.5 Å². The second-order valence-electron chi connectivity index (χ2n) is 7.44. The Hall–Kier alpha value is -3.00. The summed E-state index contributed by atoms with van der Waals surface area (Å²) in [5.74, 6) is 2.43. The number of piperazine rings is 1. The largest absolute Gasteiger partial charge is 0.497 e. The summed E-state index contributed by atoms with van der Waals surface area (Å²) in [4.78, 5) is 34.1. The number of benzene rings is 2. The number of imidazole rings is 1. The zero-order chi connectivity index (χ0) is 21.8. The highest BCUT2D eigenvalue weighted by Gasteiger charge is 2.26. The molecule has 0 N–H and O–H groups in total. The molecule has 2 heterocycles. The first-order chi connectivity index (χ1) is 15.1. The van der Waals surface area contributed by atoms with E-state index in [2.05, 4.69) is 0 Å². The Morgan fingerprint density at radius 2 is 1.68 bits per heavy atom. The first-order valence-electron chi connectivity index (χ1n) is 10.2. The second kappa shape index (κ2) is 9.43. The lowest BCUT2D eigenvalue weighted by Gasteiger charge is -2.35. The van der Waals surface area contributed by atoms with Crippen molar-refractivity contribution in [2.24, 2.45) is 0 Å². The van der Waals surface area contributed by atoms with Gasteiger partial charge in [0.25, 0.3) is 5.91 Å². The highest BCUT2D eigenvalue weighted by atomic mass is 32.2. The summed E-state index contributed by atoms with van der Waals surface area (Å²) < 4.78 is 7.17.